The first-order valence-electron chi connectivity index (χ1n) is 8.36. The minimum atomic E-state index is -3.91. The van der Waals surface area contributed by atoms with Gasteiger partial charge in [-0.15, -0.1) is 0 Å². The molecule has 1 aromatic rings. The Morgan fingerprint density at radius 1 is 1.20 bits per heavy atom. The number of hydrogen-bond donors (Lipinski definition) is 2. The average molecular weight is 365 g/mol. The average Bonchev–Trinajstić information content (AvgIpc) is 2.57. The Hall–Kier alpha value is -2.18. The van der Waals surface area contributed by atoms with Crippen LogP contribution in [0.15, 0.2) is 34.2 Å². The number of carbonyl (C=O) groups is 1. The van der Waals surface area contributed by atoms with Crippen molar-refractivity contribution in [2.24, 2.45) is 10.9 Å². The van der Waals surface area contributed by atoms with E-state index in [0.29, 0.717) is 18.9 Å². The molecule has 7 nitrogen and oxygen atoms in total. The third-order valence-electron chi connectivity index (χ3n) is 4.39. The summed E-state index contributed by atoms with van der Waals surface area (Å²) in [7, 11) is -3.91. The summed E-state index contributed by atoms with van der Waals surface area (Å²) in [6, 6.07) is 5.46. The third-order valence-corrected chi connectivity index (χ3v) is 5.74. The van der Waals surface area contributed by atoms with Gasteiger partial charge >= 0.3 is 6.03 Å². The highest BCUT2D eigenvalue weighted by Gasteiger charge is 2.22. The summed E-state index contributed by atoms with van der Waals surface area (Å²) < 4.78 is 26.6. The first-order chi connectivity index (χ1) is 11.9. The first-order valence-corrected chi connectivity index (χ1v) is 9.85. The van der Waals surface area contributed by atoms with Crippen LogP contribution in [0, 0.1) is 5.92 Å². The van der Waals surface area contributed by atoms with Gasteiger partial charge in [-0.2, -0.15) is 0 Å². The molecule has 1 aromatic carbocycles. The van der Waals surface area contributed by atoms with E-state index in [9.17, 15) is 18.0 Å². The molecule has 8 heteroatoms. The van der Waals surface area contributed by atoms with Crippen molar-refractivity contribution in [2.75, 3.05) is 6.54 Å². The predicted octanol–water partition coefficient (Wildman–Crippen LogP) is 2.13. The number of urea groups is 1. The molecule has 0 aromatic heterocycles. The molecule has 0 radical (unpaired) electrons. The van der Waals surface area contributed by atoms with Crippen LogP contribution < -0.4 is 10.0 Å². The Kier molecular flexibility index (Phi) is 6.73. The summed E-state index contributed by atoms with van der Waals surface area (Å²) in [5, 5.41) is 2.73. The maximum Gasteiger partial charge on any atom is 0.328 e. The number of amides is 2. The van der Waals surface area contributed by atoms with Gasteiger partial charge in [-0.1, -0.05) is 19.1 Å². The molecule has 0 saturated heterocycles. The number of nitrogens with zero attached hydrogens (tertiary/aromatic N) is 1. The molecular formula is C17H23N3O4S. The maximum atomic E-state index is 12.3. The summed E-state index contributed by atoms with van der Waals surface area (Å²) in [5.74, 6) is 0.653. The molecule has 0 heterocycles. The van der Waals surface area contributed by atoms with Gasteiger partial charge in [0.2, 0.25) is 6.08 Å². The van der Waals surface area contributed by atoms with E-state index in [1.54, 1.807) is 12.1 Å². The number of carbonyl (C=O) groups excluding carboxylic acids is 2. The van der Waals surface area contributed by atoms with Crippen LogP contribution in [0.3, 0.4) is 0 Å². The van der Waals surface area contributed by atoms with Gasteiger partial charge in [0.25, 0.3) is 10.0 Å². The number of benzene rings is 1. The summed E-state index contributed by atoms with van der Waals surface area (Å²) in [6.07, 6.45) is 5.78. The van der Waals surface area contributed by atoms with E-state index in [2.05, 4.69) is 22.0 Å². The quantitative estimate of drug-likeness (QED) is 0.595. The lowest BCUT2D eigenvalue weighted by Gasteiger charge is -2.26. The third kappa shape index (κ3) is 5.99. The number of aliphatic imine (C=N–C) groups is 1. The Morgan fingerprint density at radius 3 is 2.44 bits per heavy atom. The van der Waals surface area contributed by atoms with Gasteiger partial charge in [-0.05, 0) is 55.7 Å². The number of rotatable bonds is 6. The van der Waals surface area contributed by atoms with Crippen molar-refractivity contribution in [3.05, 3.63) is 29.8 Å². The molecule has 2 amide bonds. The van der Waals surface area contributed by atoms with Crippen LogP contribution >= 0.6 is 0 Å². The molecule has 136 valence electrons. The largest absolute Gasteiger partial charge is 0.335 e. The van der Waals surface area contributed by atoms with Crippen molar-refractivity contribution in [3.8, 4) is 0 Å². The van der Waals surface area contributed by atoms with Crippen molar-refractivity contribution in [2.45, 2.75) is 50.0 Å². The second-order valence-electron chi connectivity index (χ2n) is 6.40. The highest BCUT2D eigenvalue weighted by atomic mass is 32.2. The second kappa shape index (κ2) is 8.78. The van der Waals surface area contributed by atoms with E-state index in [1.807, 2.05) is 0 Å². The first kappa shape index (κ1) is 19.1. The van der Waals surface area contributed by atoms with Crippen LogP contribution in [0.5, 0.6) is 0 Å². The SMILES string of the molecule is C[C@H]1CC[C@H](NC(=O)NS(=O)(=O)c2ccc(CCN=C=O)cc2)CC1. The lowest BCUT2D eigenvalue weighted by atomic mass is 9.87. The van der Waals surface area contributed by atoms with E-state index in [1.165, 1.54) is 18.2 Å². The van der Waals surface area contributed by atoms with Crippen LogP contribution in [0.1, 0.15) is 38.2 Å². The highest BCUT2D eigenvalue weighted by molar-refractivity contribution is 7.90. The fourth-order valence-electron chi connectivity index (χ4n) is 2.87. The van der Waals surface area contributed by atoms with Crippen LogP contribution in [-0.4, -0.2) is 33.1 Å². The minimum absolute atomic E-state index is 0.0163. The zero-order chi connectivity index (χ0) is 18.3. The van der Waals surface area contributed by atoms with Gasteiger partial charge in [0.1, 0.15) is 0 Å². The molecule has 1 saturated carbocycles. The number of isocyanates is 1. The van der Waals surface area contributed by atoms with E-state index in [0.717, 1.165) is 31.2 Å². The molecular weight excluding hydrogens is 342 g/mol. The number of nitrogens with one attached hydrogen (secondary N) is 2. The summed E-state index contributed by atoms with van der Waals surface area (Å²) in [5.41, 5.74) is 0.846. The zero-order valence-corrected chi connectivity index (χ0v) is 15.0. The topological polar surface area (TPSA) is 105 Å². The van der Waals surface area contributed by atoms with E-state index in [-0.39, 0.29) is 10.9 Å². The summed E-state index contributed by atoms with van der Waals surface area (Å²) >= 11 is 0. The molecule has 0 atom stereocenters. The van der Waals surface area contributed by atoms with Gasteiger partial charge in [-0.25, -0.2) is 27.7 Å². The lowest BCUT2D eigenvalue weighted by molar-refractivity contribution is 0.233. The van der Waals surface area contributed by atoms with Crippen LogP contribution in [-0.2, 0) is 21.2 Å². The van der Waals surface area contributed by atoms with Crippen molar-refractivity contribution in [1.82, 2.24) is 10.0 Å². The van der Waals surface area contributed by atoms with E-state index >= 15 is 0 Å². The van der Waals surface area contributed by atoms with Gasteiger partial charge in [0.05, 0.1) is 11.4 Å². The standard InChI is InChI=1S/C17H23N3O4S/c1-13-2-6-15(7-3-13)19-17(22)20-25(23,24)16-8-4-14(5-9-16)10-11-18-12-21/h4-5,8-9,13,15H,2-3,6-7,10-11H2,1H3,(H2,19,20,22)/t13-,15-. The Labute approximate surface area is 148 Å². The Bertz CT molecular complexity index is 732. The van der Waals surface area contributed by atoms with Crippen molar-refractivity contribution in [3.63, 3.8) is 0 Å². The molecule has 1 fully saturated rings. The van der Waals surface area contributed by atoms with Crippen LogP contribution in [0.25, 0.3) is 0 Å². The van der Waals surface area contributed by atoms with Crippen LogP contribution in [0.4, 0.5) is 4.79 Å². The van der Waals surface area contributed by atoms with Crippen LogP contribution in [0.2, 0.25) is 0 Å². The lowest BCUT2D eigenvalue weighted by Crippen LogP contribution is -2.45. The maximum absolute atomic E-state index is 12.3. The zero-order valence-electron chi connectivity index (χ0n) is 14.2. The molecule has 25 heavy (non-hydrogen) atoms. The molecule has 0 aliphatic heterocycles. The van der Waals surface area contributed by atoms with E-state index in [4.69, 9.17) is 0 Å². The Morgan fingerprint density at radius 2 is 1.84 bits per heavy atom. The summed E-state index contributed by atoms with van der Waals surface area (Å²) in [6.45, 7) is 2.48. The van der Waals surface area contributed by atoms with E-state index < -0.39 is 16.1 Å². The van der Waals surface area contributed by atoms with Gasteiger partial charge in [0.15, 0.2) is 0 Å². The van der Waals surface area contributed by atoms with Crippen molar-refractivity contribution >= 4 is 22.1 Å². The van der Waals surface area contributed by atoms with Gasteiger partial charge in [-0.3, -0.25) is 0 Å². The van der Waals surface area contributed by atoms with Gasteiger partial charge in [0, 0.05) is 6.04 Å². The number of hydrogen-bond acceptors (Lipinski definition) is 5. The Balaban J connectivity index is 1.91. The molecule has 0 bridgehead atoms. The molecule has 0 spiro atoms. The normalized spacial score (nSPS) is 20.4. The predicted molar refractivity (Wildman–Crippen MR) is 93.4 cm³/mol. The molecule has 2 N–H and O–H groups in total. The number of sulfonamides is 1. The van der Waals surface area contributed by atoms with Crippen molar-refractivity contribution in [1.29, 1.82) is 0 Å². The molecule has 1 aliphatic rings. The minimum Gasteiger partial charge on any atom is -0.335 e. The second-order valence-corrected chi connectivity index (χ2v) is 8.09. The fourth-order valence-corrected chi connectivity index (χ4v) is 3.78. The monoisotopic (exact) mass is 365 g/mol. The van der Waals surface area contributed by atoms with Crippen molar-refractivity contribution < 1.29 is 18.0 Å². The molecule has 2 rings (SSSR count). The fraction of sp³-hybridized carbons (Fsp3) is 0.529. The van der Waals surface area contributed by atoms with Gasteiger partial charge < -0.3 is 5.32 Å². The molecule has 0 unspecified atom stereocenters. The summed E-state index contributed by atoms with van der Waals surface area (Å²) in [4.78, 5) is 25.5. The molecule has 1 aliphatic carbocycles. The smallest absolute Gasteiger partial charge is 0.328 e. The highest BCUT2D eigenvalue weighted by Crippen LogP contribution is 2.23.